The van der Waals surface area contributed by atoms with Crippen LogP contribution < -0.4 is 29.2 Å². The van der Waals surface area contributed by atoms with Crippen LogP contribution in [0.15, 0.2) is 123 Å². The Kier molecular flexibility index (Phi) is 18.5. The second-order valence-corrected chi connectivity index (χ2v) is 16.4. The van der Waals surface area contributed by atoms with Gasteiger partial charge in [-0.2, -0.15) is 17.7 Å². The number of allylic oxidation sites excluding steroid dienone is 7. The monoisotopic (exact) mass is 1030 g/mol. The number of alkyl halides is 3. The van der Waals surface area contributed by atoms with E-state index in [1.54, 1.807) is 13.2 Å². The van der Waals surface area contributed by atoms with Crippen molar-refractivity contribution in [1.29, 1.82) is 0 Å². The van der Waals surface area contributed by atoms with Crippen LogP contribution in [0.1, 0.15) is 50.8 Å². The van der Waals surface area contributed by atoms with E-state index in [0.717, 1.165) is 94.8 Å². The molecular formula is C44H42CoF3N10O9S2-. The molecule has 4 aromatic rings. The molecule has 0 saturated heterocycles. The Morgan fingerprint density at radius 1 is 0.826 bits per heavy atom. The molecule has 7 rings (SSSR count). The molecule has 1 aliphatic heterocycles. The van der Waals surface area contributed by atoms with Crippen LogP contribution in [0.2, 0.25) is 0 Å². The number of hydrogen-bond donors (Lipinski definition) is 2. The fourth-order valence-corrected chi connectivity index (χ4v) is 7.80. The summed E-state index contributed by atoms with van der Waals surface area (Å²) in [7, 11) is 3.56. The molecule has 19 nitrogen and oxygen atoms in total. The number of carbonyl (C=O) groups is 2. The van der Waals surface area contributed by atoms with Gasteiger partial charge in [-0.3, -0.25) is 40.0 Å². The average molecular weight is 1030 g/mol. The number of aliphatic hydroxyl groups excluding tert-OH is 2. The smallest absolute Gasteiger partial charge is 0.416 e. The maximum absolute atomic E-state index is 13.3. The number of methoxy groups -OCH3 is 1. The van der Waals surface area contributed by atoms with E-state index in [1.807, 2.05) is 49.8 Å². The molecule has 0 saturated carbocycles. The number of halogens is 3. The van der Waals surface area contributed by atoms with Gasteiger partial charge in [0.25, 0.3) is 0 Å². The zero-order valence-corrected chi connectivity index (χ0v) is 40.0. The molecule has 2 N–H and O–H groups in total. The van der Waals surface area contributed by atoms with Crippen molar-refractivity contribution in [3.8, 4) is 5.75 Å². The number of nitro groups is 2. The SMILES string of the molecule is CCN(CC)c1ccc(/C=C/C2=[N+](C)c3ccc(C(F)(F)F)cc3C2(C)CC)c(OC)c1.O=C1C=CC(=NN=c2[n-]cc([N+](=O)[O-])s2)C(O)=C1.O=C1C=CC(=NN=c2[n-]cc([N+](=O)[O-])s2)C(O)=C1.[Co]. The summed E-state index contributed by atoms with van der Waals surface area (Å²) in [4.78, 5) is 51.2. The molecule has 0 fully saturated rings. The minimum absolute atomic E-state index is 0. The van der Waals surface area contributed by atoms with Crippen molar-refractivity contribution in [3.05, 3.63) is 149 Å². The van der Waals surface area contributed by atoms with Gasteiger partial charge < -0.3 is 40.0 Å². The van der Waals surface area contributed by atoms with Gasteiger partial charge in [0.15, 0.2) is 17.3 Å². The van der Waals surface area contributed by atoms with Crippen LogP contribution >= 0.6 is 22.7 Å². The van der Waals surface area contributed by atoms with Crippen molar-refractivity contribution in [1.82, 2.24) is 9.97 Å². The molecule has 365 valence electrons. The maximum Gasteiger partial charge on any atom is 0.416 e. The summed E-state index contributed by atoms with van der Waals surface area (Å²) in [6.07, 6.45) is 9.48. The van der Waals surface area contributed by atoms with Gasteiger partial charge in [-0.1, -0.05) is 29.6 Å². The molecule has 25 heteroatoms. The molecule has 1 atom stereocenters. The molecular weight excluding hydrogens is 993 g/mol. The number of benzene rings is 2. The van der Waals surface area contributed by atoms with Gasteiger partial charge in [0.1, 0.15) is 35.7 Å². The molecule has 2 aromatic carbocycles. The van der Waals surface area contributed by atoms with Gasteiger partial charge in [0, 0.05) is 99.0 Å². The summed E-state index contributed by atoms with van der Waals surface area (Å²) in [6.45, 7) is 10.1. The number of fused-ring (bicyclic) bond motifs is 1. The molecule has 0 spiro atoms. The molecule has 0 amide bonds. The average Bonchev–Trinajstić information content (AvgIpc) is 4.04. The first-order valence-corrected chi connectivity index (χ1v) is 21.8. The minimum atomic E-state index is -4.36. The molecule has 2 aliphatic carbocycles. The summed E-state index contributed by atoms with van der Waals surface area (Å²) < 4.78 is 47.7. The number of ether oxygens (including phenoxy) is 1. The Morgan fingerprint density at radius 3 is 1.77 bits per heavy atom. The quantitative estimate of drug-likeness (QED) is 0.0639. The molecule has 1 unspecified atom stereocenters. The number of rotatable bonds is 11. The third-order valence-electron chi connectivity index (χ3n) is 10.4. The van der Waals surface area contributed by atoms with Crippen molar-refractivity contribution in [2.75, 3.05) is 32.1 Å². The number of ketones is 2. The topological polar surface area (TPSA) is 254 Å². The molecule has 3 heterocycles. The minimum Gasteiger partial charge on any atom is -0.506 e. The summed E-state index contributed by atoms with van der Waals surface area (Å²) in [6, 6.07) is 10.2. The van der Waals surface area contributed by atoms with Crippen LogP contribution in [0.5, 0.6) is 5.75 Å². The fraction of sp³-hybridized carbons (Fsp3) is 0.250. The second kappa shape index (κ2) is 23.6. The van der Waals surface area contributed by atoms with Gasteiger partial charge >= 0.3 is 16.2 Å². The van der Waals surface area contributed by atoms with Crippen molar-refractivity contribution < 1.29 is 68.9 Å². The zero-order chi connectivity index (χ0) is 49.9. The Hall–Kier alpha value is -7.35. The summed E-state index contributed by atoms with van der Waals surface area (Å²) in [5.41, 5.74) is 3.56. The molecule has 0 bridgehead atoms. The predicted octanol–water partition coefficient (Wildman–Crippen LogP) is 7.57. The number of aliphatic hydroxyl groups is 2. The Labute approximate surface area is 409 Å². The Balaban J connectivity index is 0.000000240. The largest absolute Gasteiger partial charge is 0.506 e. The van der Waals surface area contributed by atoms with Crippen molar-refractivity contribution in [2.24, 2.45) is 20.4 Å². The molecule has 2 aromatic heterocycles. The van der Waals surface area contributed by atoms with E-state index >= 15 is 0 Å². The van der Waals surface area contributed by atoms with Crippen LogP contribution in [0.4, 0.5) is 34.5 Å². The summed E-state index contributed by atoms with van der Waals surface area (Å²) >= 11 is 1.51. The van der Waals surface area contributed by atoms with Gasteiger partial charge in [-0.05, 0) is 81.8 Å². The number of aromatic nitrogens is 2. The van der Waals surface area contributed by atoms with Crippen molar-refractivity contribution >= 4 is 78.8 Å². The van der Waals surface area contributed by atoms with E-state index in [4.69, 9.17) is 4.74 Å². The zero-order valence-electron chi connectivity index (χ0n) is 37.4. The first-order valence-electron chi connectivity index (χ1n) is 20.2. The van der Waals surface area contributed by atoms with E-state index in [9.17, 15) is 53.2 Å². The van der Waals surface area contributed by atoms with Crippen molar-refractivity contribution in [3.63, 3.8) is 0 Å². The van der Waals surface area contributed by atoms with Crippen LogP contribution in [-0.2, 0) is 38.0 Å². The molecule has 1 radical (unpaired) electrons. The number of thiazole rings is 2. The van der Waals surface area contributed by atoms with Crippen LogP contribution in [-0.4, -0.2) is 80.6 Å². The standard InChI is InChI=1S/C26H32F3N2O.2C9H6N4O4S.Co/c1-7-25(4)21-16-19(26(27,28)29)12-14-22(21)30(5)24(25)15-11-18-10-13-20(17-23(18)32-6)31(8-2)9-3;2*14-5-1-2-6(7(15)3-5)11-12-9-10-4-8(18-9)13(16)17;/h10-17H,7-9H2,1-6H3;2*1-4H,(H2,10,12,14,15);/q+1;;;/p-2. The molecule has 3 aliphatic rings. The van der Waals surface area contributed by atoms with Crippen molar-refractivity contribution in [2.45, 2.75) is 45.7 Å². The summed E-state index contributed by atoms with van der Waals surface area (Å²) in [5, 5.41) is 53.9. The fourth-order valence-electron chi connectivity index (χ4n) is 6.69. The normalized spacial score (nSPS) is 18.0. The third-order valence-corrected chi connectivity index (χ3v) is 12.0. The maximum atomic E-state index is 13.3. The number of anilines is 1. The first-order chi connectivity index (χ1) is 32.2. The Bertz CT molecular complexity index is 2910. The van der Waals surface area contributed by atoms with Gasteiger partial charge in [0.2, 0.25) is 5.69 Å². The van der Waals surface area contributed by atoms with Gasteiger partial charge in [-0.15, -0.1) is 0 Å². The third kappa shape index (κ3) is 13.4. The van der Waals surface area contributed by atoms with Crippen LogP contribution in [0.25, 0.3) is 6.08 Å². The van der Waals surface area contributed by atoms with E-state index in [2.05, 4.69) is 55.2 Å². The predicted molar refractivity (Wildman–Crippen MR) is 250 cm³/mol. The van der Waals surface area contributed by atoms with Gasteiger partial charge in [-0.25, -0.2) is 0 Å². The van der Waals surface area contributed by atoms with E-state index < -0.39 is 27.0 Å². The number of nitrogens with zero attached hydrogens (tertiary/aromatic N) is 10. The van der Waals surface area contributed by atoms with Crippen LogP contribution in [0.3, 0.4) is 0 Å². The van der Waals surface area contributed by atoms with E-state index in [1.165, 1.54) is 30.4 Å². The first kappa shape index (κ1) is 54.3. The van der Waals surface area contributed by atoms with Gasteiger partial charge in [0.05, 0.1) is 27.9 Å². The Morgan fingerprint density at radius 2 is 1.35 bits per heavy atom. The number of carbonyl (C=O) groups excluding carboxylic acids is 2. The van der Waals surface area contributed by atoms with Crippen LogP contribution in [0, 0.1) is 20.2 Å². The number of hydrogen-bond acceptors (Lipinski definition) is 16. The van der Waals surface area contributed by atoms with E-state index in [0.29, 0.717) is 12.0 Å². The summed E-state index contributed by atoms with van der Waals surface area (Å²) in [5.74, 6) is -0.552. The van der Waals surface area contributed by atoms with E-state index in [-0.39, 0.29) is 70.9 Å². The second-order valence-electron chi connectivity index (χ2n) is 14.5. The molecule has 69 heavy (non-hydrogen) atoms.